The molecule has 3 fully saturated rings. The molecule has 1 aliphatic carbocycles. The number of rotatable bonds is 1. The molecule has 2 bridgehead atoms. The molecule has 0 amide bonds. The van der Waals surface area contributed by atoms with Gasteiger partial charge in [-0.25, -0.2) is 0 Å². The summed E-state index contributed by atoms with van der Waals surface area (Å²) in [6, 6.07) is 1.06. The Labute approximate surface area is 91.9 Å². The first-order valence-corrected chi connectivity index (χ1v) is 6.48. The van der Waals surface area contributed by atoms with Crippen LogP contribution in [-0.4, -0.2) is 42.3 Å². The fourth-order valence-electron chi connectivity index (χ4n) is 3.51. The van der Waals surface area contributed by atoms with E-state index in [1.54, 1.807) is 0 Å². The molecular weight excluding hydrogens is 188 g/mol. The van der Waals surface area contributed by atoms with Gasteiger partial charge in [-0.05, 0) is 25.7 Å². The van der Waals surface area contributed by atoms with Gasteiger partial charge in [0.2, 0.25) is 0 Å². The number of nitrogens with two attached hydrogens (primary N) is 1. The fraction of sp³-hybridized carbons (Fsp3) is 1.00. The molecule has 0 spiro atoms. The number of hydrogen-bond acceptors (Lipinski definition) is 3. The first kappa shape index (κ1) is 10.1. The number of morpholine rings is 1. The summed E-state index contributed by atoms with van der Waals surface area (Å²) >= 11 is 0. The van der Waals surface area contributed by atoms with Crippen LogP contribution in [0.5, 0.6) is 0 Å². The van der Waals surface area contributed by atoms with Crippen LogP contribution in [0.25, 0.3) is 0 Å². The van der Waals surface area contributed by atoms with Crippen molar-refractivity contribution in [1.29, 1.82) is 0 Å². The van der Waals surface area contributed by atoms with E-state index in [1.165, 1.54) is 38.5 Å². The molecule has 3 aliphatic rings. The Morgan fingerprint density at radius 3 is 2.27 bits per heavy atom. The van der Waals surface area contributed by atoms with Crippen LogP contribution in [0.2, 0.25) is 0 Å². The average molecular weight is 210 g/mol. The summed E-state index contributed by atoms with van der Waals surface area (Å²) in [5.74, 6) is 0. The van der Waals surface area contributed by atoms with Gasteiger partial charge in [0, 0.05) is 25.2 Å². The number of likely N-dealkylation sites (tertiary alicyclic amines) is 1. The summed E-state index contributed by atoms with van der Waals surface area (Å²) in [7, 11) is 0. The molecule has 3 heteroatoms. The molecule has 0 aromatic rings. The minimum absolute atomic E-state index is 0.413. The van der Waals surface area contributed by atoms with Crippen LogP contribution in [0.15, 0.2) is 0 Å². The smallest absolute Gasteiger partial charge is 0.0707 e. The summed E-state index contributed by atoms with van der Waals surface area (Å²) in [5.41, 5.74) is 6.24. The third-order valence-electron chi connectivity index (χ3n) is 4.32. The van der Waals surface area contributed by atoms with Gasteiger partial charge in [0.05, 0.1) is 12.2 Å². The van der Waals surface area contributed by atoms with Crippen molar-refractivity contribution in [2.45, 2.75) is 62.8 Å². The Kier molecular flexibility index (Phi) is 2.71. The molecular formula is C12H22N2O. The molecule has 0 aromatic heterocycles. The van der Waals surface area contributed by atoms with E-state index < -0.39 is 0 Å². The maximum absolute atomic E-state index is 6.24. The van der Waals surface area contributed by atoms with Gasteiger partial charge >= 0.3 is 0 Å². The Balaban J connectivity index is 1.66. The van der Waals surface area contributed by atoms with Crippen LogP contribution in [-0.2, 0) is 4.74 Å². The van der Waals surface area contributed by atoms with Crippen molar-refractivity contribution in [3.05, 3.63) is 0 Å². The summed E-state index contributed by atoms with van der Waals surface area (Å²) in [5, 5.41) is 0. The van der Waals surface area contributed by atoms with Gasteiger partial charge in [-0.1, -0.05) is 12.8 Å². The fourth-order valence-corrected chi connectivity index (χ4v) is 3.51. The van der Waals surface area contributed by atoms with E-state index in [-0.39, 0.29) is 0 Å². The zero-order valence-corrected chi connectivity index (χ0v) is 9.40. The Morgan fingerprint density at radius 1 is 0.933 bits per heavy atom. The van der Waals surface area contributed by atoms with Gasteiger partial charge in [0.15, 0.2) is 0 Å². The zero-order chi connectivity index (χ0) is 10.3. The third kappa shape index (κ3) is 1.93. The molecule has 3 rings (SSSR count). The van der Waals surface area contributed by atoms with Gasteiger partial charge in [0.1, 0.15) is 0 Å². The first-order chi connectivity index (χ1) is 7.33. The van der Waals surface area contributed by atoms with Crippen molar-refractivity contribution in [3.8, 4) is 0 Å². The second-order valence-electron chi connectivity index (χ2n) is 5.43. The first-order valence-electron chi connectivity index (χ1n) is 6.48. The quantitative estimate of drug-likeness (QED) is 0.705. The van der Waals surface area contributed by atoms with E-state index in [1.807, 2.05) is 0 Å². The largest absolute Gasteiger partial charge is 0.372 e. The molecule has 4 atom stereocenters. The zero-order valence-electron chi connectivity index (χ0n) is 9.40. The Morgan fingerprint density at radius 2 is 1.60 bits per heavy atom. The molecule has 15 heavy (non-hydrogen) atoms. The summed E-state index contributed by atoms with van der Waals surface area (Å²) in [6.45, 7) is 2.27. The average Bonchev–Trinajstić information content (AvgIpc) is 2.58. The highest BCUT2D eigenvalue weighted by molar-refractivity contribution is 4.93. The maximum Gasteiger partial charge on any atom is 0.0707 e. The molecule has 86 valence electrons. The lowest BCUT2D eigenvalue weighted by atomic mass is 9.89. The van der Waals surface area contributed by atoms with E-state index >= 15 is 0 Å². The summed E-state index contributed by atoms with van der Waals surface area (Å²) in [6.07, 6.45) is 8.78. The van der Waals surface area contributed by atoms with E-state index in [9.17, 15) is 0 Å². The predicted molar refractivity (Wildman–Crippen MR) is 59.7 cm³/mol. The number of nitrogens with zero attached hydrogens (tertiary/aromatic N) is 1. The number of hydrogen-bond donors (Lipinski definition) is 1. The van der Waals surface area contributed by atoms with E-state index in [0.717, 1.165) is 13.1 Å². The molecule has 0 aromatic carbocycles. The predicted octanol–water partition coefficient (Wildman–Crippen LogP) is 1.12. The molecule has 0 radical (unpaired) electrons. The van der Waals surface area contributed by atoms with Gasteiger partial charge < -0.3 is 10.5 Å². The highest BCUT2D eigenvalue weighted by Crippen LogP contribution is 2.31. The lowest BCUT2D eigenvalue weighted by Gasteiger charge is -2.42. The molecule has 2 aliphatic heterocycles. The number of fused-ring (bicyclic) bond motifs is 2. The van der Waals surface area contributed by atoms with Crippen LogP contribution in [0.4, 0.5) is 0 Å². The second kappa shape index (κ2) is 4.04. The van der Waals surface area contributed by atoms with Crippen molar-refractivity contribution in [2.75, 3.05) is 13.1 Å². The molecule has 2 N–H and O–H groups in total. The van der Waals surface area contributed by atoms with Crippen LogP contribution in [0, 0.1) is 0 Å². The van der Waals surface area contributed by atoms with Gasteiger partial charge in [-0.2, -0.15) is 0 Å². The molecule has 2 saturated heterocycles. The van der Waals surface area contributed by atoms with Crippen LogP contribution < -0.4 is 5.73 Å². The lowest BCUT2D eigenvalue weighted by Crippen LogP contribution is -2.55. The third-order valence-corrected chi connectivity index (χ3v) is 4.32. The Hall–Kier alpha value is -0.120. The molecule has 3 nitrogen and oxygen atoms in total. The summed E-state index contributed by atoms with van der Waals surface area (Å²) < 4.78 is 5.87. The minimum Gasteiger partial charge on any atom is -0.372 e. The van der Waals surface area contributed by atoms with Gasteiger partial charge in [-0.15, -0.1) is 0 Å². The topological polar surface area (TPSA) is 38.5 Å². The van der Waals surface area contributed by atoms with Crippen molar-refractivity contribution in [1.82, 2.24) is 4.90 Å². The van der Waals surface area contributed by atoms with Crippen LogP contribution >= 0.6 is 0 Å². The highest BCUT2D eigenvalue weighted by atomic mass is 16.5. The molecule has 2 heterocycles. The van der Waals surface area contributed by atoms with Gasteiger partial charge in [-0.3, -0.25) is 4.90 Å². The Bertz CT molecular complexity index is 222. The standard InChI is InChI=1S/C12H22N2O/c13-11-3-1-2-4-12(11)14-7-9-5-6-10(8-14)15-9/h9-12H,1-8,13H2. The van der Waals surface area contributed by atoms with Crippen molar-refractivity contribution in [3.63, 3.8) is 0 Å². The SMILES string of the molecule is NC1CCCCC1N1CC2CCC(C1)O2. The number of ether oxygens (including phenoxy) is 1. The van der Waals surface area contributed by atoms with E-state index in [0.29, 0.717) is 24.3 Å². The van der Waals surface area contributed by atoms with Crippen LogP contribution in [0.1, 0.15) is 38.5 Å². The highest BCUT2D eigenvalue weighted by Gasteiger charge is 2.38. The van der Waals surface area contributed by atoms with Crippen LogP contribution in [0.3, 0.4) is 0 Å². The molecule has 4 unspecified atom stereocenters. The van der Waals surface area contributed by atoms with Gasteiger partial charge in [0.25, 0.3) is 0 Å². The van der Waals surface area contributed by atoms with E-state index in [4.69, 9.17) is 10.5 Å². The van der Waals surface area contributed by atoms with Crippen molar-refractivity contribution < 1.29 is 4.74 Å². The minimum atomic E-state index is 0.413. The lowest BCUT2D eigenvalue weighted by molar-refractivity contribution is -0.0600. The summed E-state index contributed by atoms with van der Waals surface area (Å²) in [4.78, 5) is 2.62. The van der Waals surface area contributed by atoms with Crippen molar-refractivity contribution in [2.24, 2.45) is 5.73 Å². The monoisotopic (exact) mass is 210 g/mol. The normalized spacial score (nSPS) is 47.0. The molecule has 1 saturated carbocycles. The van der Waals surface area contributed by atoms with E-state index in [2.05, 4.69) is 4.90 Å². The maximum atomic E-state index is 6.24. The second-order valence-corrected chi connectivity index (χ2v) is 5.43. The van der Waals surface area contributed by atoms with Crippen molar-refractivity contribution >= 4 is 0 Å².